The molecule has 1 unspecified atom stereocenters. The molecule has 0 bridgehead atoms. The lowest BCUT2D eigenvalue weighted by Gasteiger charge is -2.12. The predicted octanol–water partition coefficient (Wildman–Crippen LogP) is 4.28. The zero-order valence-corrected chi connectivity index (χ0v) is 17.5. The van der Waals surface area contributed by atoms with Crippen LogP contribution in [-0.2, 0) is 27.8 Å². The van der Waals surface area contributed by atoms with Crippen LogP contribution < -0.4 is 5.32 Å². The van der Waals surface area contributed by atoms with Gasteiger partial charge in [0.2, 0.25) is 0 Å². The second-order valence-corrected chi connectivity index (χ2v) is 9.39. The molecule has 0 aliphatic carbocycles. The predicted molar refractivity (Wildman–Crippen MR) is 113 cm³/mol. The highest BCUT2D eigenvalue weighted by molar-refractivity contribution is 7.89. The average Bonchev–Trinajstić information content (AvgIpc) is 3.16. The summed E-state index contributed by atoms with van der Waals surface area (Å²) in [6.45, 7) is 1.91. The molecule has 1 N–H and O–H groups in total. The van der Waals surface area contributed by atoms with Crippen LogP contribution in [0, 0.1) is 5.82 Å². The van der Waals surface area contributed by atoms with Crippen molar-refractivity contribution in [1.82, 2.24) is 5.32 Å². The molecule has 1 atom stereocenters. The number of sulfone groups is 1. The summed E-state index contributed by atoms with van der Waals surface area (Å²) in [6, 6.07) is 18.2. The Kier molecular flexibility index (Phi) is 7.05. The maximum absolute atomic E-state index is 13.0. The van der Waals surface area contributed by atoms with E-state index in [4.69, 9.17) is 4.42 Å². The summed E-state index contributed by atoms with van der Waals surface area (Å²) in [6.07, 6.45) is 1.61. The first-order valence-electron chi connectivity index (χ1n) is 9.69. The summed E-state index contributed by atoms with van der Waals surface area (Å²) in [7, 11) is -3.52. The van der Waals surface area contributed by atoms with Gasteiger partial charge in [-0.15, -0.1) is 0 Å². The van der Waals surface area contributed by atoms with E-state index >= 15 is 0 Å². The van der Waals surface area contributed by atoms with E-state index in [1.165, 1.54) is 42.0 Å². The summed E-state index contributed by atoms with van der Waals surface area (Å²) in [5.41, 5.74) is 1.69. The Balaban J connectivity index is 1.53. The van der Waals surface area contributed by atoms with E-state index in [-0.39, 0.29) is 35.0 Å². The molecule has 3 aromatic rings. The van der Waals surface area contributed by atoms with Crippen molar-refractivity contribution in [3.05, 3.63) is 95.2 Å². The smallest absolute Gasteiger partial charge is 0.287 e. The molecule has 158 valence electrons. The quantitative estimate of drug-likeness (QED) is 0.551. The van der Waals surface area contributed by atoms with Gasteiger partial charge in [0, 0.05) is 6.04 Å². The number of amides is 1. The number of rotatable bonds is 9. The Morgan fingerprint density at radius 1 is 0.967 bits per heavy atom. The molecule has 0 aliphatic rings. The van der Waals surface area contributed by atoms with Gasteiger partial charge in [-0.2, -0.15) is 0 Å². The SMILES string of the molecule is CC(CCc1ccccc1)NC(=O)c1ccc(CS(=O)(=O)Cc2ccc(F)cc2)o1. The molecule has 0 saturated heterocycles. The van der Waals surface area contributed by atoms with Crippen molar-refractivity contribution in [1.29, 1.82) is 0 Å². The van der Waals surface area contributed by atoms with Crippen molar-refractivity contribution < 1.29 is 22.0 Å². The highest BCUT2D eigenvalue weighted by Gasteiger charge is 2.19. The Hall–Kier alpha value is -2.93. The summed E-state index contributed by atoms with van der Waals surface area (Å²) in [5, 5.41) is 2.87. The summed E-state index contributed by atoms with van der Waals surface area (Å²) >= 11 is 0. The van der Waals surface area contributed by atoms with Crippen LogP contribution in [0.3, 0.4) is 0 Å². The van der Waals surface area contributed by atoms with Gasteiger partial charge in [0.05, 0.1) is 5.75 Å². The van der Waals surface area contributed by atoms with Gasteiger partial charge in [-0.05, 0) is 55.2 Å². The number of halogens is 1. The largest absolute Gasteiger partial charge is 0.455 e. The van der Waals surface area contributed by atoms with Crippen molar-refractivity contribution in [2.24, 2.45) is 0 Å². The lowest BCUT2D eigenvalue weighted by Crippen LogP contribution is -2.32. The van der Waals surface area contributed by atoms with Crippen molar-refractivity contribution in [2.45, 2.75) is 37.3 Å². The van der Waals surface area contributed by atoms with Gasteiger partial charge >= 0.3 is 0 Å². The van der Waals surface area contributed by atoms with Gasteiger partial charge in [0.25, 0.3) is 5.91 Å². The highest BCUT2D eigenvalue weighted by atomic mass is 32.2. The van der Waals surface area contributed by atoms with Gasteiger partial charge in [0.1, 0.15) is 17.3 Å². The van der Waals surface area contributed by atoms with Crippen LogP contribution in [0.25, 0.3) is 0 Å². The van der Waals surface area contributed by atoms with Crippen LogP contribution in [0.4, 0.5) is 4.39 Å². The molecular formula is C23H24FNO4S. The third kappa shape index (κ3) is 6.56. The summed E-state index contributed by atoms with van der Waals surface area (Å²) < 4.78 is 43.2. The first kappa shape index (κ1) is 21.8. The van der Waals surface area contributed by atoms with Crippen LogP contribution >= 0.6 is 0 Å². The van der Waals surface area contributed by atoms with Gasteiger partial charge in [-0.3, -0.25) is 4.79 Å². The molecule has 5 nitrogen and oxygen atoms in total. The molecule has 7 heteroatoms. The Morgan fingerprint density at radius 2 is 1.67 bits per heavy atom. The molecule has 3 rings (SSSR count). The maximum Gasteiger partial charge on any atom is 0.287 e. The lowest BCUT2D eigenvalue weighted by molar-refractivity contribution is 0.0909. The average molecular weight is 430 g/mol. The number of hydrogen-bond acceptors (Lipinski definition) is 4. The molecule has 30 heavy (non-hydrogen) atoms. The lowest BCUT2D eigenvalue weighted by atomic mass is 10.1. The maximum atomic E-state index is 13.0. The molecule has 2 aromatic carbocycles. The minimum absolute atomic E-state index is 0.0616. The van der Waals surface area contributed by atoms with E-state index in [2.05, 4.69) is 5.32 Å². The molecule has 1 amide bonds. The zero-order valence-electron chi connectivity index (χ0n) is 16.7. The van der Waals surface area contributed by atoms with Crippen LogP contribution in [-0.4, -0.2) is 20.4 Å². The summed E-state index contributed by atoms with van der Waals surface area (Å²) in [4.78, 5) is 12.4. The first-order chi connectivity index (χ1) is 14.3. The fourth-order valence-electron chi connectivity index (χ4n) is 3.07. The van der Waals surface area contributed by atoms with Crippen molar-refractivity contribution in [2.75, 3.05) is 0 Å². The van der Waals surface area contributed by atoms with E-state index in [0.29, 0.717) is 5.56 Å². The normalized spacial score (nSPS) is 12.5. The Bertz CT molecular complexity index is 1080. The molecule has 1 heterocycles. The van der Waals surface area contributed by atoms with Gasteiger partial charge < -0.3 is 9.73 Å². The highest BCUT2D eigenvalue weighted by Crippen LogP contribution is 2.16. The van der Waals surface area contributed by atoms with Crippen molar-refractivity contribution in [3.8, 4) is 0 Å². The fraction of sp³-hybridized carbons (Fsp3) is 0.261. The number of benzene rings is 2. The molecule has 0 aliphatic heterocycles. The van der Waals surface area contributed by atoms with E-state index in [1.54, 1.807) is 0 Å². The second kappa shape index (κ2) is 9.71. The minimum Gasteiger partial charge on any atom is -0.455 e. The minimum atomic E-state index is -3.52. The monoisotopic (exact) mass is 429 g/mol. The van der Waals surface area contributed by atoms with Gasteiger partial charge in [-0.25, -0.2) is 12.8 Å². The Morgan fingerprint density at radius 3 is 2.37 bits per heavy atom. The van der Waals surface area contributed by atoms with Crippen molar-refractivity contribution in [3.63, 3.8) is 0 Å². The zero-order chi connectivity index (χ0) is 21.6. The van der Waals surface area contributed by atoms with E-state index in [9.17, 15) is 17.6 Å². The third-order valence-corrected chi connectivity index (χ3v) is 6.13. The Labute approximate surface area is 175 Å². The molecule has 0 radical (unpaired) electrons. The molecule has 0 saturated carbocycles. The third-order valence-electron chi connectivity index (χ3n) is 4.63. The number of aryl methyl sites for hydroxylation is 1. The standard InChI is InChI=1S/C23H24FNO4S/c1-17(7-8-18-5-3-2-4-6-18)25-23(26)22-14-13-21(29-22)16-30(27,28)15-19-9-11-20(24)12-10-19/h2-6,9-14,17H,7-8,15-16H2,1H3,(H,25,26). The fourth-order valence-corrected chi connectivity index (χ4v) is 4.47. The van der Waals surface area contributed by atoms with E-state index in [0.717, 1.165) is 12.8 Å². The van der Waals surface area contributed by atoms with Gasteiger partial charge in [-0.1, -0.05) is 42.5 Å². The number of nitrogens with one attached hydrogen (secondary N) is 1. The number of carbonyl (C=O) groups is 1. The van der Waals surface area contributed by atoms with E-state index < -0.39 is 15.7 Å². The molecule has 0 spiro atoms. The first-order valence-corrected chi connectivity index (χ1v) is 11.5. The number of hydrogen-bond donors (Lipinski definition) is 1. The van der Waals surface area contributed by atoms with Crippen LogP contribution in [0.15, 0.2) is 71.1 Å². The topological polar surface area (TPSA) is 76.4 Å². The second-order valence-electron chi connectivity index (χ2n) is 7.32. The van der Waals surface area contributed by atoms with Gasteiger partial charge in [0.15, 0.2) is 15.6 Å². The van der Waals surface area contributed by atoms with Crippen LogP contribution in [0.1, 0.15) is 40.8 Å². The molecule has 0 fully saturated rings. The van der Waals surface area contributed by atoms with Crippen molar-refractivity contribution >= 4 is 15.7 Å². The summed E-state index contributed by atoms with van der Waals surface area (Å²) in [5.74, 6) is -1.09. The molecular weight excluding hydrogens is 405 g/mol. The number of furan rings is 1. The molecule has 1 aromatic heterocycles. The van der Waals surface area contributed by atoms with Crippen LogP contribution in [0.5, 0.6) is 0 Å². The number of carbonyl (C=O) groups excluding carboxylic acids is 1. The van der Waals surface area contributed by atoms with E-state index in [1.807, 2.05) is 37.3 Å². The van der Waals surface area contributed by atoms with Crippen LogP contribution in [0.2, 0.25) is 0 Å².